The molecule has 108 valence electrons. The minimum atomic E-state index is -0.0821. The van der Waals surface area contributed by atoms with Crippen molar-refractivity contribution >= 4 is 34.5 Å². The summed E-state index contributed by atoms with van der Waals surface area (Å²) in [5.74, 6) is 0.164. The molecule has 3 N–H and O–H groups in total. The zero-order chi connectivity index (χ0) is 14.5. The monoisotopic (exact) mass is 295 g/mol. The molecule has 2 rings (SSSR count). The van der Waals surface area contributed by atoms with Crippen molar-refractivity contribution in [2.75, 3.05) is 25.2 Å². The van der Waals surface area contributed by atoms with Crippen molar-refractivity contribution in [3.05, 3.63) is 18.2 Å². The average Bonchev–Trinajstić information content (AvgIpc) is 2.78. The fraction of sp³-hybridized carbons (Fsp3) is 0.385. The Morgan fingerprint density at radius 2 is 2.40 bits per heavy atom. The minimum absolute atomic E-state index is 0.0171. The quantitative estimate of drug-likeness (QED) is 0.622. The number of anilines is 1. The summed E-state index contributed by atoms with van der Waals surface area (Å²) in [5.41, 5.74) is 7.66. The third kappa shape index (κ3) is 3.88. The molecule has 0 saturated heterocycles. The van der Waals surface area contributed by atoms with Crippen molar-refractivity contribution in [1.82, 2.24) is 10.3 Å². The van der Waals surface area contributed by atoms with Gasteiger partial charge in [-0.15, -0.1) is 0 Å². The number of aromatic nitrogens is 1. The van der Waals surface area contributed by atoms with E-state index in [1.165, 1.54) is 11.8 Å². The van der Waals surface area contributed by atoms with E-state index in [-0.39, 0.29) is 17.7 Å². The number of thioether (sulfide) groups is 1. The molecule has 1 amide bonds. The van der Waals surface area contributed by atoms with E-state index in [0.717, 1.165) is 0 Å². The van der Waals surface area contributed by atoms with E-state index in [0.29, 0.717) is 28.6 Å². The molecule has 20 heavy (non-hydrogen) atoms. The summed E-state index contributed by atoms with van der Waals surface area (Å²) in [6.45, 7) is 2.37. The van der Waals surface area contributed by atoms with Gasteiger partial charge >= 0.3 is 0 Å². The number of hydrogen-bond acceptors (Lipinski definition) is 6. The molecular weight excluding hydrogens is 278 g/mol. The highest BCUT2D eigenvalue weighted by molar-refractivity contribution is 7.99. The first kappa shape index (κ1) is 14.7. The molecule has 0 saturated carbocycles. The number of nitrogens with zero attached hydrogens (tertiary/aromatic N) is 1. The van der Waals surface area contributed by atoms with Gasteiger partial charge < -0.3 is 20.2 Å². The maximum Gasteiger partial charge on any atom is 0.257 e. The number of carbonyl (C=O) groups is 1. The molecule has 0 aliphatic heterocycles. The molecule has 0 spiro atoms. The van der Waals surface area contributed by atoms with Crippen LogP contribution in [-0.4, -0.2) is 36.4 Å². The van der Waals surface area contributed by atoms with Gasteiger partial charge in [-0.25, -0.2) is 4.98 Å². The van der Waals surface area contributed by atoms with Gasteiger partial charge in [-0.1, -0.05) is 11.8 Å². The molecule has 2 aromatic rings. The molecule has 7 heteroatoms. The Morgan fingerprint density at radius 3 is 3.15 bits per heavy atom. The largest absolute Gasteiger partial charge is 0.431 e. The SMILES string of the molecule is COCC(C)NC(=O)CSc1nc2cc(N)ccc2o1. The topological polar surface area (TPSA) is 90.4 Å². The van der Waals surface area contributed by atoms with Crippen molar-refractivity contribution in [3.8, 4) is 0 Å². The second-order valence-electron chi connectivity index (χ2n) is 4.42. The lowest BCUT2D eigenvalue weighted by atomic mass is 10.3. The Labute approximate surface area is 121 Å². The van der Waals surface area contributed by atoms with Gasteiger partial charge in [0, 0.05) is 18.8 Å². The summed E-state index contributed by atoms with van der Waals surface area (Å²) < 4.78 is 10.5. The summed E-state index contributed by atoms with van der Waals surface area (Å²) in [5, 5.41) is 3.28. The van der Waals surface area contributed by atoms with Crippen LogP contribution in [0.3, 0.4) is 0 Å². The molecule has 0 radical (unpaired) electrons. The second kappa shape index (κ2) is 6.62. The van der Waals surface area contributed by atoms with E-state index in [1.54, 1.807) is 25.3 Å². The number of nitrogens with two attached hydrogens (primary N) is 1. The maximum atomic E-state index is 11.7. The fourth-order valence-corrected chi connectivity index (χ4v) is 2.37. The predicted octanol–water partition coefficient (Wildman–Crippen LogP) is 1.65. The maximum absolute atomic E-state index is 11.7. The third-order valence-corrected chi connectivity index (χ3v) is 3.37. The predicted molar refractivity (Wildman–Crippen MR) is 78.6 cm³/mol. The van der Waals surface area contributed by atoms with Gasteiger partial charge in [-0.2, -0.15) is 0 Å². The number of carbonyl (C=O) groups excluding carboxylic acids is 1. The van der Waals surface area contributed by atoms with Crippen LogP contribution in [0.4, 0.5) is 5.69 Å². The molecule has 0 aliphatic carbocycles. The van der Waals surface area contributed by atoms with Crippen molar-refractivity contribution in [3.63, 3.8) is 0 Å². The van der Waals surface area contributed by atoms with Crippen LogP contribution in [0.5, 0.6) is 0 Å². The molecular formula is C13H17N3O3S. The first-order chi connectivity index (χ1) is 9.58. The molecule has 1 aromatic carbocycles. The third-order valence-electron chi connectivity index (χ3n) is 2.54. The van der Waals surface area contributed by atoms with Gasteiger partial charge in [0.25, 0.3) is 5.22 Å². The Balaban J connectivity index is 1.90. The lowest BCUT2D eigenvalue weighted by Crippen LogP contribution is -2.36. The number of oxazole rings is 1. The molecule has 1 unspecified atom stereocenters. The van der Waals surface area contributed by atoms with Crippen LogP contribution in [0, 0.1) is 0 Å². The van der Waals surface area contributed by atoms with Crippen LogP contribution in [-0.2, 0) is 9.53 Å². The number of rotatable bonds is 6. The van der Waals surface area contributed by atoms with Crippen LogP contribution in [0.15, 0.2) is 27.8 Å². The molecule has 1 atom stereocenters. The second-order valence-corrected chi connectivity index (χ2v) is 5.35. The van der Waals surface area contributed by atoms with Crippen molar-refractivity contribution < 1.29 is 13.9 Å². The zero-order valence-corrected chi connectivity index (χ0v) is 12.2. The van der Waals surface area contributed by atoms with Gasteiger partial charge in [-0.05, 0) is 25.1 Å². The fourth-order valence-electron chi connectivity index (χ4n) is 1.72. The van der Waals surface area contributed by atoms with E-state index in [9.17, 15) is 4.79 Å². The Hall–Kier alpha value is -1.73. The highest BCUT2D eigenvalue weighted by Crippen LogP contribution is 2.24. The van der Waals surface area contributed by atoms with E-state index >= 15 is 0 Å². The van der Waals surface area contributed by atoms with Crippen molar-refractivity contribution in [1.29, 1.82) is 0 Å². The molecule has 0 aliphatic rings. The number of hydrogen-bond donors (Lipinski definition) is 2. The lowest BCUT2D eigenvalue weighted by molar-refractivity contribution is -0.119. The van der Waals surface area contributed by atoms with Crippen molar-refractivity contribution in [2.24, 2.45) is 0 Å². The van der Waals surface area contributed by atoms with Gasteiger partial charge in [0.2, 0.25) is 5.91 Å². The first-order valence-electron chi connectivity index (χ1n) is 6.15. The zero-order valence-electron chi connectivity index (χ0n) is 11.4. The van der Waals surface area contributed by atoms with Crippen molar-refractivity contribution in [2.45, 2.75) is 18.2 Å². The van der Waals surface area contributed by atoms with Gasteiger partial charge in [0.1, 0.15) is 5.52 Å². The molecule has 1 heterocycles. The van der Waals surface area contributed by atoms with E-state index in [4.69, 9.17) is 14.9 Å². The van der Waals surface area contributed by atoms with Crippen LogP contribution in [0.25, 0.3) is 11.1 Å². The summed E-state index contributed by atoms with van der Waals surface area (Å²) in [7, 11) is 1.60. The van der Waals surface area contributed by atoms with Gasteiger partial charge in [-0.3, -0.25) is 4.79 Å². The number of fused-ring (bicyclic) bond motifs is 1. The summed E-state index contributed by atoms with van der Waals surface area (Å²) in [6.07, 6.45) is 0. The summed E-state index contributed by atoms with van der Waals surface area (Å²) in [6, 6.07) is 5.24. The number of methoxy groups -OCH3 is 1. The lowest BCUT2D eigenvalue weighted by Gasteiger charge is -2.11. The number of amides is 1. The number of nitrogens with one attached hydrogen (secondary N) is 1. The highest BCUT2D eigenvalue weighted by atomic mass is 32.2. The van der Waals surface area contributed by atoms with E-state index < -0.39 is 0 Å². The minimum Gasteiger partial charge on any atom is -0.431 e. The Bertz CT molecular complexity index is 600. The van der Waals surface area contributed by atoms with E-state index in [2.05, 4.69) is 10.3 Å². The molecule has 0 bridgehead atoms. The average molecular weight is 295 g/mol. The molecule has 1 aromatic heterocycles. The number of benzene rings is 1. The Kier molecular flexibility index (Phi) is 4.86. The summed E-state index contributed by atoms with van der Waals surface area (Å²) >= 11 is 1.25. The van der Waals surface area contributed by atoms with E-state index in [1.807, 2.05) is 6.92 Å². The Morgan fingerprint density at radius 1 is 1.60 bits per heavy atom. The smallest absolute Gasteiger partial charge is 0.257 e. The van der Waals surface area contributed by atoms with Crippen LogP contribution >= 0.6 is 11.8 Å². The number of ether oxygens (including phenoxy) is 1. The normalized spacial score (nSPS) is 12.5. The molecule has 6 nitrogen and oxygen atoms in total. The molecule has 0 fully saturated rings. The number of nitrogen functional groups attached to an aromatic ring is 1. The van der Waals surface area contributed by atoms with Crippen LogP contribution in [0.2, 0.25) is 0 Å². The first-order valence-corrected chi connectivity index (χ1v) is 7.14. The van der Waals surface area contributed by atoms with Gasteiger partial charge in [0.15, 0.2) is 5.58 Å². The standard InChI is InChI=1S/C13H17N3O3S/c1-8(6-18-2)15-12(17)7-20-13-16-10-5-9(14)3-4-11(10)19-13/h3-5,8H,6-7,14H2,1-2H3,(H,15,17). The van der Waals surface area contributed by atoms with Crippen LogP contribution < -0.4 is 11.1 Å². The summed E-state index contributed by atoms with van der Waals surface area (Å²) in [4.78, 5) is 16.0. The highest BCUT2D eigenvalue weighted by Gasteiger charge is 2.11. The van der Waals surface area contributed by atoms with Crippen LogP contribution in [0.1, 0.15) is 6.92 Å². The van der Waals surface area contributed by atoms with Gasteiger partial charge in [0.05, 0.1) is 12.4 Å².